The van der Waals surface area contributed by atoms with E-state index in [4.69, 9.17) is 19.8 Å². The summed E-state index contributed by atoms with van der Waals surface area (Å²) in [6, 6.07) is 5.34. The van der Waals surface area contributed by atoms with Crippen LogP contribution in [0.15, 0.2) is 12.1 Å². The lowest BCUT2D eigenvalue weighted by atomic mass is 10.1. The lowest BCUT2D eigenvalue weighted by Crippen LogP contribution is -1.99. The van der Waals surface area contributed by atoms with Crippen molar-refractivity contribution in [1.82, 2.24) is 0 Å². The largest absolute Gasteiger partial charge is 0.493 e. The molecule has 0 fully saturated rings. The fourth-order valence-electron chi connectivity index (χ4n) is 1.41. The zero-order valence-electron chi connectivity index (χ0n) is 8.78. The quantitative estimate of drug-likeness (QED) is 0.803. The van der Waals surface area contributed by atoms with E-state index in [-0.39, 0.29) is 6.61 Å². The van der Waals surface area contributed by atoms with E-state index in [0.717, 1.165) is 5.56 Å². The minimum Gasteiger partial charge on any atom is -0.493 e. The van der Waals surface area contributed by atoms with E-state index >= 15 is 0 Å². The van der Waals surface area contributed by atoms with Crippen LogP contribution in [0.4, 0.5) is 0 Å². The van der Waals surface area contributed by atoms with E-state index in [2.05, 4.69) is 0 Å². The minimum atomic E-state index is 0.00833. The monoisotopic (exact) mass is 207 g/mol. The average molecular weight is 207 g/mol. The van der Waals surface area contributed by atoms with Crippen molar-refractivity contribution in [2.24, 2.45) is 0 Å². The highest BCUT2D eigenvalue weighted by atomic mass is 16.5. The second-order valence-corrected chi connectivity index (χ2v) is 2.96. The Balaban J connectivity index is 3.27. The van der Waals surface area contributed by atoms with E-state index in [9.17, 15) is 0 Å². The Morgan fingerprint density at radius 3 is 2.53 bits per heavy atom. The number of methoxy groups -OCH3 is 2. The summed E-state index contributed by atoms with van der Waals surface area (Å²) in [7, 11) is 3.05. The van der Waals surface area contributed by atoms with Gasteiger partial charge in [0.1, 0.15) is 0 Å². The van der Waals surface area contributed by atoms with E-state index < -0.39 is 0 Å². The fraction of sp³-hybridized carbons (Fsp3) is 0.364. The maximum absolute atomic E-state index is 8.89. The number of ether oxygens (including phenoxy) is 2. The predicted molar refractivity (Wildman–Crippen MR) is 55.1 cm³/mol. The van der Waals surface area contributed by atoms with Crippen LogP contribution in [0, 0.1) is 11.3 Å². The molecular weight excluding hydrogens is 194 g/mol. The highest BCUT2D eigenvalue weighted by molar-refractivity contribution is 5.52. The molecule has 1 aromatic rings. The van der Waals surface area contributed by atoms with Gasteiger partial charge in [0.05, 0.1) is 25.9 Å². The van der Waals surface area contributed by atoms with E-state index in [1.54, 1.807) is 12.1 Å². The predicted octanol–water partition coefficient (Wildman–Crippen LogP) is 1.11. The molecule has 0 saturated carbocycles. The molecule has 4 nitrogen and oxygen atoms in total. The summed E-state index contributed by atoms with van der Waals surface area (Å²) in [6.07, 6.45) is 0.440. The van der Waals surface area contributed by atoms with Crippen molar-refractivity contribution in [2.75, 3.05) is 20.8 Å². The molecule has 0 aliphatic heterocycles. The molecule has 1 aromatic carbocycles. The molecule has 0 spiro atoms. The van der Waals surface area contributed by atoms with E-state index in [1.165, 1.54) is 14.2 Å². The summed E-state index contributed by atoms with van der Waals surface area (Å²) < 4.78 is 10.3. The van der Waals surface area contributed by atoms with E-state index in [0.29, 0.717) is 23.5 Å². The molecule has 4 heteroatoms. The summed E-state index contributed by atoms with van der Waals surface area (Å²) in [5.74, 6) is 1.09. The second kappa shape index (κ2) is 5.23. The third kappa shape index (κ3) is 2.39. The molecule has 0 aliphatic carbocycles. The first-order chi connectivity index (χ1) is 7.26. The lowest BCUT2D eigenvalue weighted by molar-refractivity contribution is 0.294. The number of benzene rings is 1. The van der Waals surface area contributed by atoms with Gasteiger partial charge in [0.25, 0.3) is 0 Å². The first-order valence-electron chi connectivity index (χ1n) is 4.52. The van der Waals surface area contributed by atoms with Crippen LogP contribution in [0.2, 0.25) is 0 Å². The summed E-state index contributed by atoms with van der Waals surface area (Å²) in [5.41, 5.74) is 1.27. The molecule has 0 aromatic heterocycles. The molecule has 1 rings (SSSR count). The molecular formula is C11H13NO3. The topological polar surface area (TPSA) is 62.5 Å². The van der Waals surface area contributed by atoms with Crippen molar-refractivity contribution in [3.8, 4) is 17.6 Å². The van der Waals surface area contributed by atoms with Crippen molar-refractivity contribution in [3.05, 3.63) is 23.3 Å². The number of aliphatic hydroxyl groups excluding tert-OH is 1. The Morgan fingerprint density at radius 1 is 1.33 bits per heavy atom. The number of nitriles is 1. The van der Waals surface area contributed by atoms with Gasteiger partial charge in [-0.3, -0.25) is 0 Å². The zero-order valence-corrected chi connectivity index (χ0v) is 8.78. The number of aliphatic hydroxyl groups is 1. The molecule has 0 radical (unpaired) electrons. The number of hydrogen-bond donors (Lipinski definition) is 1. The summed E-state index contributed by atoms with van der Waals surface area (Å²) >= 11 is 0. The van der Waals surface area contributed by atoms with Gasteiger partial charge in [0, 0.05) is 18.2 Å². The van der Waals surface area contributed by atoms with Crippen LogP contribution >= 0.6 is 0 Å². The third-order valence-electron chi connectivity index (χ3n) is 2.07. The molecule has 0 unspecified atom stereocenters. The molecule has 80 valence electrons. The van der Waals surface area contributed by atoms with Crippen LogP contribution in [0.5, 0.6) is 11.5 Å². The Kier molecular flexibility index (Phi) is 3.95. The van der Waals surface area contributed by atoms with Gasteiger partial charge in [0.15, 0.2) is 11.5 Å². The van der Waals surface area contributed by atoms with Gasteiger partial charge >= 0.3 is 0 Å². The number of nitrogens with zero attached hydrogens (tertiary/aromatic N) is 1. The Morgan fingerprint density at radius 2 is 2.07 bits per heavy atom. The Hall–Kier alpha value is -1.73. The summed E-state index contributed by atoms with van der Waals surface area (Å²) in [4.78, 5) is 0. The van der Waals surface area contributed by atoms with Gasteiger partial charge in [-0.1, -0.05) is 0 Å². The molecule has 0 bridgehead atoms. The van der Waals surface area contributed by atoms with Gasteiger partial charge in [-0.05, 0) is 12.5 Å². The first-order valence-corrected chi connectivity index (χ1v) is 4.52. The van der Waals surface area contributed by atoms with Gasteiger partial charge < -0.3 is 14.6 Å². The number of hydrogen-bond acceptors (Lipinski definition) is 4. The highest BCUT2D eigenvalue weighted by Gasteiger charge is 2.11. The Labute approximate surface area is 88.7 Å². The molecule has 0 atom stereocenters. The summed E-state index contributed by atoms with van der Waals surface area (Å²) in [5, 5.41) is 17.7. The van der Waals surface area contributed by atoms with E-state index in [1.807, 2.05) is 6.07 Å². The van der Waals surface area contributed by atoms with Gasteiger partial charge in [-0.2, -0.15) is 5.26 Å². The van der Waals surface area contributed by atoms with Crippen LogP contribution in [-0.2, 0) is 6.42 Å². The molecule has 1 N–H and O–H groups in total. The van der Waals surface area contributed by atoms with Crippen LogP contribution in [0.3, 0.4) is 0 Å². The van der Waals surface area contributed by atoms with Crippen molar-refractivity contribution in [2.45, 2.75) is 6.42 Å². The Bertz CT molecular complexity index is 382. The van der Waals surface area contributed by atoms with Crippen LogP contribution in [0.1, 0.15) is 11.1 Å². The van der Waals surface area contributed by atoms with Gasteiger partial charge in [0.2, 0.25) is 0 Å². The third-order valence-corrected chi connectivity index (χ3v) is 2.07. The fourth-order valence-corrected chi connectivity index (χ4v) is 1.41. The molecule has 15 heavy (non-hydrogen) atoms. The average Bonchev–Trinajstić information content (AvgIpc) is 2.28. The van der Waals surface area contributed by atoms with Gasteiger partial charge in [-0.15, -0.1) is 0 Å². The highest BCUT2D eigenvalue weighted by Crippen LogP contribution is 2.32. The van der Waals surface area contributed by atoms with Crippen LogP contribution < -0.4 is 9.47 Å². The standard InChI is InChI=1S/C11H13NO3/c1-14-10-6-8(7-12)5-9(3-4-13)11(10)15-2/h5-6,13H,3-4H2,1-2H3. The van der Waals surface area contributed by atoms with Crippen molar-refractivity contribution in [1.29, 1.82) is 5.26 Å². The summed E-state index contributed by atoms with van der Waals surface area (Å²) in [6.45, 7) is 0.00833. The first kappa shape index (κ1) is 11.3. The lowest BCUT2D eigenvalue weighted by Gasteiger charge is -2.12. The second-order valence-electron chi connectivity index (χ2n) is 2.96. The zero-order chi connectivity index (χ0) is 11.3. The smallest absolute Gasteiger partial charge is 0.164 e. The SMILES string of the molecule is COc1cc(C#N)cc(CCO)c1OC. The van der Waals surface area contributed by atoms with Crippen molar-refractivity contribution < 1.29 is 14.6 Å². The van der Waals surface area contributed by atoms with Crippen molar-refractivity contribution in [3.63, 3.8) is 0 Å². The van der Waals surface area contributed by atoms with Gasteiger partial charge in [-0.25, -0.2) is 0 Å². The number of rotatable bonds is 4. The maximum Gasteiger partial charge on any atom is 0.164 e. The van der Waals surface area contributed by atoms with Crippen LogP contribution in [-0.4, -0.2) is 25.9 Å². The normalized spacial score (nSPS) is 9.47. The molecule has 0 amide bonds. The molecule has 0 saturated heterocycles. The minimum absolute atomic E-state index is 0.00833. The maximum atomic E-state index is 8.89. The van der Waals surface area contributed by atoms with Crippen LogP contribution in [0.25, 0.3) is 0 Å². The molecule has 0 heterocycles. The molecule has 0 aliphatic rings. The van der Waals surface area contributed by atoms with Crippen molar-refractivity contribution >= 4 is 0 Å².